The van der Waals surface area contributed by atoms with Crippen LogP contribution < -0.4 is 10.6 Å². The largest absolute Gasteiger partial charge is 0.332 e. The Morgan fingerprint density at radius 2 is 2.26 bits per heavy atom. The van der Waals surface area contributed by atoms with Crippen LogP contribution in [0.15, 0.2) is 0 Å². The summed E-state index contributed by atoms with van der Waals surface area (Å²) in [5.74, 6) is 1.22. The Morgan fingerprint density at radius 3 is 3.00 bits per heavy atom. The Balaban J connectivity index is 1.64. The van der Waals surface area contributed by atoms with Gasteiger partial charge in [0.05, 0.1) is 34.9 Å². The van der Waals surface area contributed by atoms with Crippen molar-refractivity contribution in [3.8, 4) is 0 Å². The zero-order valence-corrected chi connectivity index (χ0v) is 14.0. The zero-order chi connectivity index (χ0) is 13.8. The molecule has 3 atom stereocenters. The number of carbonyl (C=O) groups excluding carboxylic acids is 2. The first-order chi connectivity index (χ1) is 9.11. The zero-order valence-electron chi connectivity index (χ0n) is 11.0. The second kappa shape index (κ2) is 7.01. The van der Waals surface area contributed by atoms with Gasteiger partial charge in [-0.3, -0.25) is 7.91 Å². The standard InChI is InChI=1S/C12H20IN3O2S/c1-2-16(13)10(17)6-4-3-5-9-11-8(7-19-9)14-12(18)15-11/h8-9,11H,2-7H2,1H3,(H2,14,15,18)/t8-,9-,11-/m0/s1. The van der Waals surface area contributed by atoms with Crippen molar-refractivity contribution in [3.63, 3.8) is 0 Å². The fourth-order valence-electron chi connectivity index (χ4n) is 2.56. The predicted octanol–water partition coefficient (Wildman–Crippen LogP) is 1.91. The highest BCUT2D eigenvalue weighted by molar-refractivity contribution is 14.1. The van der Waals surface area contributed by atoms with Gasteiger partial charge in [-0.15, -0.1) is 0 Å². The van der Waals surface area contributed by atoms with Crippen molar-refractivity contribution in [2.24, 2.45) is 0 Å². The second-order valence-corrected chi connectivity index (χ2v) is 7.38. The van der Waals surface area contributed by atoms with Crippen LogP contribution in [-0.4, -0.2) is 44.7 Å². The predicted molar refractivity (Wildman–Crippen MR) is 85.4 cm³/mol. The highest BCUT2D eigenvalue weighted by atomic mass is 127. The van der Waals surface area contributed by atoms with Gasteiger partial charge in [0, 0.05) is 24.0 Å². The Morgan fingerprint density at radius 1 is 1.47 bits per heavy atom. The van der Waals surface area contributed by atoms with Crippen LogP contribution in [0.1, 0.15) is 32.6 Å². The molecule has 0 aromatic carbocycles. The number of carbonyl (C=O) groups is 2. The molecule has 2 saturated heterocycles. The van der Waals surface area contributed by atoms with E-state index in [0.29, 0.717) is 17.7 Å². The smallest absolute Gasteiger partial charge is 0.315 e. The normalized spacial score (nSPS) is 28.7. The number of amides is 3. The van der Waals surface area contributed by atoms with E-state index in [4.69, 9.17) is 0 Å². The third kappa shape index (κ3) is 3.90. The summed E-state index contributed by atoms with van der Waals surface area (Å²) in [4.78, 5) is 22.9. The van der Waals surface area contributed by atoms with Crippen LogP contribution in [-0.2, 0) is 4.79 Å². The molecule has 0 radical (unpaired) electrons. The van der Waals surface area contributed by atoms with Crippen LogP contribution >= 0.6 is 34.6 Å². The van der Waals surface area contributed by atoms with Crippen molar-refractivity contribution in [1.29, 1.82) is 0 Å². The van der Waals surface area contributed by atoms with E-state index >= 15 is 0 Å². The summed E-state index contributed by atoms with van der Waals surface area (Å²) in [6.45, 7) is 2.74. The molecular formula is C12H20IN3O2S. The molecule has 2 aliphatic rings. The van der Waals surface area contributed by atoms with E-state index in [2.05, 4.69) is 33.5 Å². The van der Waals surface area contributed by atoms with Crippen molar-refractivity contribution < 1.29 is 9.59 Å². The average molecular weight is 397 g/mol. The summed E-state index contributed by atoms with van der Waals surface area (Å²) in [5, 5.41) is 6.44. The molecule has 2 heterocycles. The Hall–Kier alpha value is -0.180. The lowest BCUT2D eigenvalue weighted by Gasteiger charge is -2.16. The number of thioether (sulfide) groups is 1. The lowest BCUT2D eigenvalue weighted by atomic mass is 10.0. The van der Waals surface area contributed by atoms with Crippen LogP contribution in [0.25, 0.3) is 0 Å². The topological polar surface area (TPSA) is 61.4 Å². The van der Waals surface area contributed by atoms with Gasteiger partial charge in [-0.05, 0) is 19.8 Å². The SMILES string of the molecule is CCN(I)C(=O)CCCC[C@@H]1SC[C@@H]2NC(=O)N[C@@H]21. The molecule has 2 N–H and O–H groups in total. The Labute approximate surface area is 132 Å². The van der Waals surface area contributed by atoms with Crippen molar-refractivity contribution >= 4 is 46.6 Å². The summed E-state index contributed by atoms with van der Waals surface area (Å²) in [7, 11) is 0. The monoisotopic (exact) mass is 397 g/mol. The number of fused-ring (bicyclic) bond motifs is 1. The van der Waals surface area contributed by atoms with Crippen molar-refractivity contribution in [2.45, 2.75) is 49.9 Å². The molecule has 2 fully saturated rings. The lowest BCUT2D eigenvalue weighted by molar-refractivity contribution is -0.125. The van der Waals surface area contributed by atoms with Crippen molar-refractivity contribution in [1.82, 2.24) is 13.7 Å². The minimum atomic E-state index is -0.0287. The summed E-state index contributed by atoms with van der Waals surface area (Å²) in [6.07, 6.45) is 3.70. The van der Waals surface area contributed by atoms with E-state index in [-0.39, 0.29) is 18.0 Å². The molecule has 7 heteroatoms. The molecule has 0 spiro atoms. The number of nitrogens with one attached hydrogen (secondary N) is 2. The molecule has 5 nitrogen and oxygen atoms in total. The molecule has 2 rings (SSSR count). The number of urea groups is 1. The maximum atomic E-state index is 11.6. The maximum Gasteiger partial charge on any atom is 0.315 e. The van der Waals surface area contributed by atoms with Gasteiger partial charge in [0.2, 0.25) is 5.91 Å². The Bertz CT molecular complexity index is 356. The van der Waals surface area contributed by atoms with Gasteiger partial charge < -0.3 is 10.6 Å². The number of hydrogen-bond donors (Lipinski definition) is 2. The number of unbranched alkanes of at least 4 members (excludes halogenated alkanes) is 1. The molecule has 19 heavy (non-hydrogen) atoms. The van der Waals surface area contributed by atoms with E-state index in [1.165, 1.54) is 0 Å². The lowest BCUT2D eigenvalue weighted by Crippen LogP contribution is -2.36. The molecule has 0 aliphatic carbocycles. The van der Waals surface area contributed by atoms with Crippen LogP contribution in [0.3, 0.4) is 0 Å². The van der Waals surface area contributed by atoms with Gasteiger partial charge in [-0.2, -0.15) is 11.8 Å². The second-order valence-electron chi connectivity index (χ2n) is 4.94. The first-order valence-electron chi connectivity index (χ1n) is 6.76. The van der Waals surface area contributed by atoms with Gasteiger partial charge in [0.25, 0.3) is 0 Å². The van der Waals surface area contributed by atoms with Crippen molar-refractivity contribution in [3.05, 3.63) is 0 Å². The molecule has 108 valence electrons. The van der Waals surface area contributed by atoms with Crippen molar-refractivity contribution in [2.75, 3.05) is 12.3 Å². The van der Waals surface area contributed by atoms with Crippen LogP contribution in [0, 0.1) is 0 Å². The molecular weight excluding hydrogens is 377 g/mol. The van der Waals surface area contributed by atoms with Crippen LogP contribution in [0.4, 0.5) is 4.79 Å². The van der Waals surface area contributed by atoms with Crippen LogP contribution in [0.2, 0.25) is 0 Å². The fourth-order valence-corrected chi connectivity index (χ4v) is 4.35. The summed E-state index contributed by atoms with van der Waals surface area (Å²) >= 11 is 4.00. The highest BCUT2D eigenvalue weighted by Crippen LogP contribution is 2.33. The number of rotatable bonds is 6. The number of halogens is 1. The van der Waals surface area contributed by atoms with Gasteiger partial charge in [0.15, 0.2) is 0 Å². The molecule has 0 saturated carbocycles. The molecule has 3 amide bonds. The molecule has 0 unspecified atom stereocenters. The van der Waals surface area contributed by atoms with E-state index < -0.39 is 0 Å². The third-order valence-electron chi connectivity index (χ3n) is 3.62. The van der Waals surface area contributed by atoms with Gasteiger partial charge in [-0.25, -0.2) is 4.79 Å². The fraction of sp³-hybridized carbons (Fsp3) is 0.833. The maximum absolute atomic E-state index is 11.6. The van der Waals surface area contributed by atoms with Gasteiger partial charge in [-0.1, -0.05) is 6.42 Å². The summed E-state index contributed by atoms with van der Waals surface area (Å²) < 4.78 is 1.74. The van der Waals surface area contributed by atoms with E-state index in [1.807, 2.05) is 18.7 Å². The summed E-state index contributed by atoms with van der Waals surface area (Å²) in [5.41, 5.74) is 0. The number of nitrogens with zero attached hydrogens (tertiary/aromatic N) is 1. The highest BCUT2D eigenvalue weighted by Gasteiger charge is 2.42. The van der Waals surface area contributed by atoms with Gasteiger partial charge in [0.1, 0.15) is 0 Å². The third-order valence-corrected chi connectivity index (χ3v) is 6.34. The average Bonchev–Trinajstić information content (AvgIpc) is 2.93. The number of hydrogen-bond acceptors (Lipinski definition) is 3. The van der Waals surface area contributed by atoms with Gasteiger partial charge >= 0.3 is 6.03 Å². The Kier molecular flexibility index (Phi) is 5.61. The minimum absolute atomic E-state index is 0.0287. The molecule has 0 aromatic heterocycles. The molecule has 0 bridgehead atoms. The first-order valence-corrected chi connectivity index (χ1v) is 8.78. The quantitative estimate of drug-likeness (QED) is 0.312. The summed E-state index contributed by atoms with van der Waals surface area (Å²) in [6, 6.07) is 0.554. The van der Waals surface area contributed by atoms with E-state index in [0.717, 1.165) is 31.6 Å². The van der Waals surface area contributed by atoms with Crippen LogP contribution in [0.5, 0.6) is 0 Å². The molecule has 0 aromatic rings. The molecule has 2 aliphatic heterocycles. The van der Waals surface area contributed by atoms with E-state index in [9.17, 15) is 9.59 Å². The first kappa shape index (κ1) is 15.2. The minimum Gasteiger partial charge on any atom is -0.332 e. The van der Waals surface area contributed by atoms with E-state index in [1.54, 1.807) is 3.11 Å².